The van der Waals surface area contributed by atoms with E-state index in [1.807, 2.05) is 6.92 Å². The van der Waals surface area contributed by atoms with Crippen LogP contribution in [0.25, 0.3) is 0 Å². The quantitative estimate of drug-likeness (QED) is 0.393. The minimum absolute atomic E-state index is 0. The van der Waals surface area contributed by atoms with Gasteiger partial charge in [0.2, 0.25) is 0 Å². The standard InChI is InChI=1S/C9H17O2.Li/c1-8(2)7-11-9-5-3-4-6-10-9;/h8-9H,1,3-7H2,2H3;/q-1;+1/t8-,9?;/m0./s1. The van der Waals surface area contributed by atoms with E-state index < -0.39 is 0 Å². The Bertz CT molecular complexity index is 101. The van der Waals surface area contributed by atoms with Crippen LogP contribution in [-0.4, -0.2) is 19.5 Å². The van der Waals surface area contributed by atoms with Crippen molar-refractivity contribution in [3.63, 3.8) is 0 Å². The second-order valence-electron chi connectivity index (χ2n) is 3.23. The van der Waals surface area contributed by atoms with Gasteiger partial charge in [-0.15, -0.1) is 5.92 Å². The summed E-state index contributed by atoms with van der Waals surface area (Å²) in [7, 11) is 0. The van der Waals surface area contributed by atoms with Gasteiger partial charge in [0.25, 0.3) is 0 Å². The van der Waals surface area contributed by atoms with Gasteiger partial charge in [-0.25, -0.2) is 0 Å². The van der Waals surface area contributed by atoms with Gasteiger partial charge in [0, 0.05) is 13.2 Å². The molecule has 0 spiro atoms. The monoisotopic (exact) mass is 164 g/mol. The predicted molar refractivity (Wildman–Crippen MR) is 44.1 cm³/mol. The third kappa shape index (κ3) is 5.21. The SMILES string of the molecule is [CH2-][C@@H](C)COC1CCCCO1.[Li+]. The maximum atomic E-state index is 5.46. The van der Waals surface area contributed by atoms with Gasteiger partial charge in [0.15, 0.2) is 6.29 Å². The molecule has 1 rings (SSSR count). The van der Waals surface area contributed by atoms with Crippen molar-refractivity contribution in [1.29, 1.82) is 0 Å². The summed E-state index contributed by atoms with van der Waals surface area (Å²) < 4.78 is 10.8. The molecule has 1 heterocycles. The van der Waals surface area contributed by atoms with E-state index in [-0.39, 0.29) is 25.2 Å². The zero-order chi connectivity index (χ0) is 8.10. The molecular formula is C9H17LiO2. The first-order valence-corrected chi connectivity index (χ1v) is 4.35. The Morgan fingerprint density at radius 1 is 1.58 bits per heavy atom. The van der Waals surface area contributed by atoms with Gasteiger partial charge in [-0.05, 0) is 19.3 Å². The van der Waals surface area contributed by atoms with Crippen LogP contribution >= 0.6 is 0 Å². The molecule has 12 heavy (non-hydrogen) atoms. The molecule has 1 saturated heterocycles. The number of hydrogen-bond acceptors (Lipinski definition) is 2. The van der Waals surface area contributed by atoms with Crippen LogP contribution in [0.2, 0.25) is 0 Å². The van der Waals surface area contributed by atoms with Crippen molar-refractivity contribution in [3.8, 4) is 0 Å². The van der Waals surface area contributed by atoms with Crippen molar-refractivity contribution in [2.45, 2.75) is 32.5 Å². The molecule has 0 aliphatic carbocycles. The van der Waals surface area contributed by atoms with Gasteiger partial charge < -0.3 is 16.4 Å². The van der Waals surface area contributed by atoms with Crippen LogP contribution in [0, 0.1) is 12.8 Å². The summed E-state index contributed by atoms with van der Waals surface area (Å²) in [6.07, 6.45) is 3.51. The Hall–Kier alpha value is 0.517. The minimum Gasteiger partial charge on any atom is -0.355 e. The van der Waals surface area contributed by atoms with Crippen LogP contribution in [0.15, 0.2) is 0 Å². The second kappa shape index (κ2) is 6.97. The molecule has 0 bridgehead atoms. The van der Waals surface area contributed by atoms with Gasteiger partial charge in [0.1, 0.15) is 0 Å². The van der Waals surface area contributed by atoms with Crippen molar-refractivity contribution in [2.75, 3.05) is 13.2 Å². The molecule has 2 atom stereocenters. The van der Waals surface area contributed by atoms with Crippen LogP contribution in [0.4, 0.5) is 0 Å². The van der Waals surface area contributed by atoms with Crippen LogP contribution in [0.1, 0.15) is 26.2 Å². The topological polar surface area (TPSA) is 18.5 Å². The molecule has 0 aromatic carbocycles. The molecule has 0 radical (unpaired) electrons. The fourth-order valence-corrected chi connectivity index (χ4v) is 1.11. The van der Waals surface area contributed by atoms with Gasteiger partial charge in [0.05, 0.1) is 0 Å². The zero-order valence-corrected chi connectivity index (χ0v) is 8.21. The molecule has 1 aliphatic heterocycles. The van der Waals surface area contributed by atoms with Crippen molar-refractivity contribution in [3.05, 3.63) is 6.92 Å². The maximum Gasteiger partial charge on any atom is 1.00 e. The van der Waals surface area contributed by atoms with Crippen LogP contribution in [0.3, 0.4) is 0 Å². The molecule has 1 unspecified atom stereocenters. The largest absolute Gasteiger partial charge is 1.00 e. The molecule has 0 N–H and O–H groups in total. The molecule has 0 saturated carbocycles. The molecule has 1 aliphatic rings. The summed E-state index contributed by atoms with van der Waals surface area (Å²) in [6, 6.07) is 0. The summed E-state index contributed by atoms with van der Waals surface area (Å²) in [5.74, 6) is 0.362. The van der Waals surface area contributed by atoms with E-state index in [0.29, 0.717) is 12.5 Å². The van der Waals surface area contributed by atoms with E-state index in [0.717, 1.165) is 13.0 Å². The van der Waals surface area contributed by atoms with Crippen LogP contribution in [-0.2, 0) is 9.47 Å². The Kier molecular flexibility index (Phi) is 7.27. The summed E-state index contributed by atoms with van der Waals surface area (Å²) >= 11 is 0. The van der Waals surface area contributed by atoms with Crippen molar-refractivity contribution in [1.82, 2.24) is 0 Å². The Morgan fingerprint density at radius 3 is 2.83 bits per heavy atom. The fraction of sp³-hybridized carbons (Fsp3) is 0.889. The third-order valence-corrected chi connectivity index (χ3v) is 1.70. The van der Waals surface area contributed by atoms with Crippen LogP contribution in [0.5, 0.6) is 0 Å². The predicted octanol–water partition coefficient (Wildman–Crippen LogP) is -0.996. The first-order valence-electron chi connectivity index (χ1n) is 4.35. The van der Waals surface area contributed by atoms with E-state index in [9.17, 15) is 0 Å². The normalized spacial score (nSPS) is 26.0. The summed E-state index contributed by atoms with van der Waals surface area (Å²) in [5, 5.41) is 0. The summed E-state index contributed by atoms with van der Waals surface area (Å²) in [5.41, 5.74) is 0. The molecule has 0 aromatic heterocycles. The minimum atomic E-state index is 0. The fourth-order valence-electron chi connectivity index (χ4n) is 1.11. The van der Waals surface area contributed by atoms with E-state index in [4.69, 9.17) is 9.47 Å². The van der Waals surface area contributed by atoms with Crippen LogP contribution < -0.4 is 18.9 Å². The van der Waals surface area contributed by atoms with E-state index in [1.54, 1.807) is 0 Å². The Balaban J connectivity index is 0.00000121. The summed E-state index contributed by atoms with van der Waals surface area (Å²) in [6.45, 7) is 7.46. The number of ether oxygens (including phenoxy) is 2. The molecule has 0 aromatic rings. The van der Waals surface area contributed by atoms with Crippen molar-refractivity contribution in [2.24, 2.45) is 5.92 Å². The first kappa shape index (κ1) is 12.5. The van der Waals surface area contributed by atoms with E-state index in [2.05, 4.69) is 6.92 Å². The Morgan fingerprint density at radius 2 is 2.33 bits per heavy atom. The molecule has 2 nitrogen and oxygen atoms in total. The van der Waals surface area contributed by atoms with Crippen molar-refractivity contribution < 1.29 is 28.3 Å². The molecule has 1 fully saturated rings. The smallest absolute Gasteiger partial charge is 0.355 e. The van der Waals surface area contributed by atoms with E-state index >= 15 is 0 Å². The molecule has 0 amide bonds. The van der Waals surface area contributed by atoms with Gasteiger partial charge in [-0.2, -0.15) is 0 Å². The summed E-state index contributed by atoms with van der Waals surface area (Å²) in [4.78, 5) is 0. The molecule has 3 heteroatoms. The Labute approximate surface area is 87.2 Å². The van der Waals surface area contributed by atoms with E-state index in [1.165, 1.54) is 12.8 Å². The van der Waals surface area contributed by atoms with Gasteiger partial charge in [-0.1, -0.05) is 6.92 Å². The second-order valence-corrected chi connectivity index (χ2v) is 3.23. The van der Waals surface area contributed by atoms with Crippen molar-refractivity contribution >= 4 is 0 Å². The molecular weight excluding hydrogens is 147 g/mol. The van der Waals surface area contributed by atoms with Gasteiger partial charge in [-0.3, -0.25) is 0 Å². The number of hydrogen-bond donors (Lipinski definition) is 0. The average Bonchev–Trinajstić information content (AvgIpc) is 2.03. The van der Waals surface area contributed by atoms with Gasteiger partial charge >= 0.3 is 18.9 Å². The average molecular weight is 164 g/mol. The zero-order valence-electron chi connectivity index (χ0n) is 8.21. The molecule has 66 valence electrons. The number of rotatable bonds is 3. The third-order valence-electron chi connectivity index (χ3n) is 1.70. The first-order chi connectivity index (χ1) is 5.29. The maximum absolute atomic E-state index is 5.46.